The monoisotopic (exact) mass is 166 g/mol. The van der Waals surface area contributed by atoms with Crippen molar-refractivity contribution in [1.29, 1.82) is 0 Å². The standard InChI is InChI=1S/C10H18N2/c1-2-9(1)12-7-10(8-12)3-5-11-6-4-10/h9,11H,1-8H2. The van der Waals surface area contributed by atoms with Crippen LogP contribution in [0.1, 0.15) is 25.7 Å². The summed E-state index contributed by atoms with van der Waals surface area (Å²) >= 11 is 0. The fraction of sp³-hybridized carbons (Fsp3) is 1.00. The van der Waals surface area contributed by atoms with Crippen LogP contribution in [0.5, 0.6) is 0 Å². The first-order valence-corrected chi connectivity index (χ1v) is 5.33. The van der Waals surface area contributed by atoms with Crippen molar-refractivity contribution in [1.82, 2.24) is 10.2 Å². The van der Waals surface area contributed by atoms with E-state index in [9.17, 15) is 0 Å². The molecule has 12 heavy (non-hydrogen) atoms. The minimum Gasteiger partial charge on any atom is -0.317 e. The van der Waals surface area contributed by atoms with Gasteiger partial charge >= 0.3 is 0 Å². The normalized spacial score (nSPS) is 35.0. The Hall–Kier alpha value is -0.0800. The first kappa shape index (κ1) is 7.34. The number of rotatable bonds is 1. The van der Waals surface area contributed by atoms with Crippen molar-refractivity contribution in [3.8, 4) is 0 Å². The molecule has 0 amide bonds. The molecule has 3 aliphatic rings. The summed E-state index contributed by atoms with van der Waals surface area (Å²) in [7, 11) is 0. The molecule has 0 radical (unpaired) electrons. The summed E-state index contributed by atoms with van der Waals surface area (Å²) in [5.74, 6) is 0. The molecule has 2 heteroatoms. The largest absolute Gasteiger partial charge is 0.317 e. The molecular weight excluding hydrogens is 148 g/mol. The van der Waals surface area contributed by atoms with Crippen LogP contribution in [-0.2, 0) is 0 Å². The average molecular weight is 166 g/mol. The highest BCUT2D eigenvalue weighted by Crippen LogP contribution is 2.44. The molecule has 2 nitrogen and oxygen atoms in total. The predicted octanol–water partition coefficient (Wildman–Crippen LogP) is 0.834. The average Bonchev–Trinajstić information content (AvgIpc) is 2.84. The van der Waals surface area contributed by atoms with E-state index in [1.54, 1.807) is 0 Å². The first-order valence-electron chi connectivity index (χ1n) is 5.33. The van der Waals surface area contributed by atoms with Gasteiger partial charge in [-0.3, -0.25) is 4.90 Å². The number of hydrogen-bond donors (Lipinski definition) is 1. The van der Waals surface area contributed by atoms with Crippen LogP contribution in [0.2, 0.25) is 0 Å². The summed E-state index contributed by atoms with van der Waals surface area (Å²) in [6, 6.07) is 1.01. The lowest BCUT2D eigenvalue weighted by atomic mass is 9.72. The van der Waals surface area contributed by atoms with Gasteiger partial charge in [-0.2, -0.15) is 0 Å². The van der Waals surface area contributed by atoms with E-state index in [0.717, 1.165) is 11.5 Å². The number of likely N-dealkylation sites (tertiary alicyclic amines) is 1. The van der Waals surface area contributed by atoms with Crippen molar-refractivity contribution in [2.24, 2.45) is 5.41 Å². The summed E-state index contributed by atoms with van der Waals surface area (Å²) < 4.78 is 0. The fourth-order valence-corrected chi connectivity index (χ4v) is 2.79. The second kappa shape index (κ2) is 2.46. The molecule has 2 heterocycles. The second-order valence-electron chi connectivity index (χ2n) is 4.89. The molecule has 0 aromatic heterocycles. The maximum absolute atomic E-state index is 3.45. The third-order valence-corrected chi connectivity index (χ3v) is 3.80. The van der Waals surface area contributed by atoms with Crippen LogP contribution in [0, 0.1) is 5.41 Å². The van der Waals surface area contributed by atoms with E-state index < -0.39 is 0 Å². The zero-order valence-electron chi connectivity index (χ0n) is 7.68. The molecule has 1 aliphatic carbocycles. The van der Waals surface area contributed by atoms with Gasteiger partial charge in [0.25, 0.3) is 0 Å². The van der Waals surface area contributed by atoms with Crippen LogP contribution in [0.25, 0.3) is 0 Å². The van der Waals surface area contributed by atoms with Gasteiger partial charge in [-0.05, 0) is 44.2 Å². The molecule has 3 rings (SSSR count). The lowest BCUT2D eigenvalue weighted by Crippen LogP contribution is -2.60. The zero-order chi connectivity index (χ0) is 8.02. The van der Waals surface area contributed by atoms with E-state index in [2.05, 4.69) is 10.2 Å². The molecule has 0 atom stereocenters. The Labute approximate surface area is 74.3 Å². The molecule has 1 spiro atoms. The van der Waals surface area contributed by atoms with Gasteiger partial charge in [0, 0.05) is 19.1 Å². The quantitative estimate of drug-likeness (QED) is 0.621. The predicted molar refractivity (Wildman–Crippen MR) is 49.1 cm³/mol. The molecule has 1 N–H and O–H groups in total. The van der Waals surface area contributed by atoms with Crippen molar-refractivity contribution >= 4 is 0 Å². The van der Waals surface area contributed by atoms with Gasteiger partial charge in [0.05, 0.1) is 0 Å². The van der Waals surface area contributed by atoms with Gasteiger partial charge in [-0.1, -0.05) is 0 Å². The first-order chi connectivity index (χ1) is 5.88. The van der Waals surface area contributed by atoms with Crippen molar-refractivity contribution < 1.29 is 0 Å². The highest BCUT2D eigenvalue weighted by atomic mass is 15.3. The third kappa shape index (κ3) is 1.09. The Morgan fingerprint density at radius 2 is 1.75 bits per heavy atom. The van der Waals surface area contributed by atoms with Crippen LogP contribution in [0.3, 0.4) is 0 Å². The van der Waals surface area contributed by atoms with Crippen LogP contribution < -0.4 is 5.32 Å². The van der Waals surface area contributed by atoms with Crippen LogP contribution in [0.15, 0.2) is 0 Å². The van der Waals surface area contributed by atoms with Crippen LogP contribution in [0.4, 0.5) is 0 Å². The van der Waals surface area contributed by atoms with Crippen molar-refractivity contribution in [2.45, 2.75) is 31.7 Å². The Morgan fingerprint density at radius 3 is 2.33 bits per heavy atom. The highest BCUT2D eigenvalue weighted by molar-refractivity contribution is 5.02. The van der Waals surface area contributed by atoms with Gasteiger partial charge in [-0.15, -0.1) is 0 Å². The number of nitrogens with zero attached hydrogens (tertiary/aromatic N) is 1. The molecule has 3 fully saturated rings. The highest BCUT2D eigenvalue weighted by Gasteiger charge is 2.47. The number of piperidine rings is 1. The molecule has 0 aromatic rings. The van der Waals surface area contributed by atoms with Crippen molar-refractivity contribution in [3.05, 3.63) is 0 Å². The van der Waals surface area contributed by atoms with E-state index in [-0.39, 0.29) is 0 Å². The van der Waals surface area contributed by atoms with Crippen molar-refractivity contribution in [3.63, 3.8) is 0 Å². The summed E-state index contributed by atoms with van der Waals surface area (Å²) in [5, 5.41) is 3.45. The topological polar surface area (TPSA) is 15.3 Å². The molecule has 1 saturated carbocycles. The van der Waals surface area contributed by atoms with Crippen LogP contribution >= 0.6 is 0 Å². The van der Waals surface area contributed by atoms with E-state index in [1.807, 2.05) is 0 Å². The smallest absolute Gasteiger partial charge is 0.00969 e. The Bertz CT molecular complexity index is 172. The maximum Gasteiger partial charge on any atom is 0.00969 e. The molecule has 2 saturated heterocycles. The van der Waals surface area contributed by atoms with E-state index in [1.165, 1.54) is 51.9 Å². The van der Waals surface area contributed by atoms with E-state index >= 15 is 0 Å². The summed E-state index contributed by atoms with van der Waals surface area (Å²) in [6.07, 6.45) is 5.81. The Balaban J connectivity index is 1.57. The Morgan fingerprint density at radius 1 is 1.08 bits per heavy atom. The minimum absolute atomic E-state index is 0.758. The minimum atomic E-state index is 0.758. The summed E-state index contributed by atoms with van der Waals surface area (Å²) in [6.45, 7) is 5.36. The van der Waals surface area contributed by atoms with Gasteiger partial charge < -0.3 is 5.32 Å². The van der Waals surface area contributed by atoms with Gasteiger partial charge in [0.1, 0.15) is 0 Å². The summed E-state index contributed by atoms with van der Waals surface area (Å²) in [5.41, 5.74) is 0.758. The molecule has 0 bridgehead atoms. The number of hydrogen-bond acceptors (Lipinski definition) is 2. The van der Waals surface area contributed by atoms with Gasteiger partial charge in [0.15, 0.2) is 0 Å². The molecular formula is C10H18N2. The molecule has 2 aliphatic heterocycles. The lowest BCUT2D eigenvalue weighted by molar-refractivity contribution is -0.0283. The molecule has 0 aromatic carbocycles. The van der Waals surface area contributed by atoms with Crippen LogP contribution in [-0.4, -0.2) is 37.1 Å². The van der Waals surface area contributed by atoms with E-state index in [4.69, 9.17) is 0 Å². The third-order valence-electron chi connectivity index (χ3n) is 3.80. The molecule has 68 valence electrons. The Kier molecular flexibility index (Phi) is 1.50. The van der Waals surface area contributed by atoms with E-state index in [0.29, 0.717) is 0 Å². The second-order valence-corrected chi connectivity index (χ2v) is 4.89. The van der Waals surface area contributed by atoms with Crippen molar-refractivity contribution in [2.75, 3.05) is 26.2 Å². The zero-order valence-corrected chi connectivity index (χ0v) is 7.68. The van der Waals surface area contributed by atoms with Gasteiger partial charge in [0.2, 0.25) is 0 Å². The SMILES string of the molecule is C1CC2(CCN1)CN(C1CC1)C2. The maximum atomic E-state index is 3.45. The molecule has 0 unspecified atom stereocenters. The number of nitrogens with one attached hydrogen (secondary N) is 1. The fourth-order valence-electron chi connectivity index (χ4n) is 2.79. The lowest BCUT2D eigenvalue weighted by Gasteiger charge is -2.53. The van der Waals surface area contributed by atoms with Gasteiger partial charge in [-0.25, -0.2) is 0 Å². The summed E-state index contributed by atoms with van der Waals surface area (Å²) in [4.78, 5) is 2.70.